The SMILES string of the molecule is [B][C@@H]1O[C@H](CC(C)(CC)OP([B])(=O)C(C)(CC)C(C)(CC)OP(=O)(O)C(O)CC)[C@@H](O)[C@H]1O. The molecule has 6 unspecified atom stereocenters. The summed E-state index contributed by atoms with van der Waals surface area (Å²) in [4.78, 5) is 10.4. The van der Waals surface area contributed by atoms with Gasteiger partial charge in [0.05, 0.1) is 28.6 Å². The van der Waals surface area contributed by atoms with E-state index in [0.29, 0.717) is 6.42 Å². The number of ether oxygens (including phenoxy) is 1. The van der Waals surface area contributed by atoms with Gasteiger partial charge in [0.1, 0.15) is 14.0 Å². The van der Waals surface area contributed by atoms with E-state index in [9.17, 15) is 29.3 Å². The molecule has 0 bridgehead atoms. The second-order valence-electron chi connectivity index (χ2n) is 9.57. The minimum absolute atomic E-state index is 0.00118. The van der Waals surface area contributed by atoms with Crippen molar-refractivity contribution in [2.24, 2.45) is 0 Å². The summed E-state index contributed by atoms with van der Waals surface area (Å²) in [5.41, 5.74) is -2.63. The van der Waals surface area contributed by atoms with Crippen molar-refractivity contribution in [2.75, 3.05) is 0 Å². The first-order chi connectivity index (χ1) is 14.9. The lowest BCUT2D eigenvalue weighted by Gasteiger charge is -2.51. The normalized spacial score (nSPS) is 33.8. The molecule has 4 N–H and O–H groups in total. The highest BCUT2D eigenvalue weighted by atomic mass is 31.2. The topological polar surface area (TPSA) is 143 Å². The Labute approximate surface area is 200 Å². The molecule has 1 rings (SSSR count). The molecule has 1 aliphatic heterocycles. The minimum atomic E-state index is -4.48. The van der Waals surface area contributed by atoms with Crippen molar-refractivity contribution in [3.8, 4) is 0 Å². The van der Waals surface area contributed by atoms with E-state index in [4.69, 9.17) is 29.2 Å². The van der Waals surface area contributed by atoms with Gasteiger partial charge < -0.3 is 34.0 Å². The van der Waals surface area contributed by atoms with E-state index >= 15 is 0 Å². The molecular weight excluding hydrogens is 468 g/mol. The number of aliphatic hydroxyl groups excluding tert-OH is 3. The van der Waals surface area contributed by atoms with E-state index in [2.05, 4.69) is 0 Å². The Bertz CT molecular complexity index is 759. The molecule has 1 saturated heterocycles. The molecule has 0 aliphatic carbocycles. The Morgan fingerprint density at radius 2 is 1.55 bits per heavy atom. The van der Waals surface area contributed by atoms with Crippen LogP contribution in [-0.4, -0.2) is 82.1 Å². The third-order valence-electron chi connectivity index (χ3n) is 7.40. The van der Waals surface area contributed by atoms with Gasteiger partial charge in [-0.2, -0.15) is 0 Å². The highest BCUT2D eigenvalue weighted by molar-refractivity contribution is 7.84. The maximum absolute atomic E-state index is 14.0. The third-order valence-corrected chi connectivity index (χ3v) is 12.1. The van der Waals surface area contributed by atoms with Crippen LogP contribution in [-0.2, 0) is 22.9 Å². The van der Waals surface area contributed by atoms with E-state index in [1.54, 1.807) is 41.5 Å². The Hall–Kier alpha value is 0.310. The second-order valence-corrected chi connectivity index (χ2v) is 13.8. The monoisotopic (exact) mass is 508 g/mol. The number of aliphatic hydroxyl groups is 3. The Morgan fingerprint density at radius 3 is 1.91 bits per heavy atom. The van der Waals surface area contributed by atoms with Crippen molar-refractivity contribution in [2.45, 2.75) is 127 Å². The van der Waals surface area contributed by atoms with Crippen LogP contribution in [0.2, 0.25) is 0 Å². The largest absolute Gasteiger partial charge is 0.388 e. The summed E-state index contributed by atoms with van der Waals surface area (Å²) in [5, 5.41) is 28.7. The zero-order valence-corrected chi connectivity index (χ0v) is 22.6. The highest BCUT2D eigenvalue weighted by Crippen LogP contribution is 2.68. The standard InChI is InChI=1S/C20H40B2O9P2/c1-8-14(23)32(26,27)31-19(6,10-3)20(7,11-4)33(22,28)30-18(5,9-2)12-13-15(24)16(25)17(21)29-13/h13-17,23-25H,8-12H2,1-7H3,(H,26,27)/t13-,14?,15-,16-,17-,18?,19?,20?,33?/m1/s1. The molecule has 0 amide bonds. The molecule has 0 aromatic carbocycles. The summed E-state index contributed by atoms with van der Waals surface area (Å²) in [6.07, 6.45) is -2.64. The van der Waals surface area contributed by atoms with Gasteiger partial charge in [-0.3, -0.25) is 9.09 Å². The van der Waals surface area contributed by atoms with Crippen LogP contribution in [0.25, 0.3) is 0 Å². The number of rotatable bonds is 13. The van der Waals surface area contributed by atoms with Crippen molar-refractivity contribution in [3.63, 3.8) is 0 Å². The van der Waals surface area contributed by atoms with Crippen LogP contribution >= 0.6 is 14.8 Å². The molecule has 1 heterocycles. The van der Waals surface area contributed by atoms with Crippen LogP contribution in [0.1, 0.15) is 80.6 Å². The first-order valence-electron chi connectivity index (χ1n) is 11.5. The van der Waals surface area contributed by atoms with Gasteiger partial charge >= 0.3 is 7.60 Å². The molecule has 0 spiro atoms. The molecule has 13 heteroatoms. The first kappa shape index (κ1) is 31.3. The summed E-state index contributed by atoms with van der Waals surface area (Å²) in [6.45, 7) is 11.5. The smallest absolute Gasteiger partial charge is 0.356 e. The van der Waals surface area contributed by atoms with Crippen molar-refractivity contribution in [1.29, 1.82) is 0 Å². The van der Waals surface area contributed by atoms with Crippen molar-refractivity contribution in [1.82, 2.24) is 0 Å². The first-order valence-corrected chi connectivity index (χ1v) is 14.8. The average molecular weight is 508 g/mol. The molecule has 0 saturated carbocycles. The molecule has 1 aliphatic rings. The molecule has 190 valence electrons. The Balaban J connectivity index is 3.30. The fourth-order valence-electron chi connectivity index (χ4n) is 4.09. The van der Waals surface area contributed by atoms with Gasteiger partial charge in [-0.25, -0.2) is 0 Å². The van der Waals surface area contributed by atoms with Crippen molar-refractivity contribution < 1.29 is 43.1 Å². The van der Waals surface area contributed by atoms with Crippen molar-refractivity contribution >= 4 is 30.3 Å². The molecule has 0 aromatic rings. The van der Waals surface area contributed by atoms with Crippen LogP contribution in [0, 0.1) is 0 Å². The predicted octanol–water partition coefficient (Wildman–Crippen LogP) is 2.81. The number of hydrogen-bond acceptors (Lipinski definition) is 8. The van der Waals surface area contributed by atoms with E-state index in [1.807, 2.05) is 0 Å². The Kier molecular flexibility index (Phi) is 10.6. The molecule has 4 radical (unpaired) electrons. The fraction of sp³-hybridized carbons (Fsp3) is 1.00. The van der Waals surface area contributed by atoms with Gasteiger partial charge in [0.2, 0.25) is 7.57 Å². The maximum Gasteiger partial charge on any atom is 0.356 e. The lowest BCUT2D eigenvalue weighted by atomic mass is 9.85. The van der Waals surface area contributed by atoms with Crippen LogP contribution in [0.5, 0.6) is 0 Å². The lowest BCUT2D eigenvalue weighted by molar-refractivity contribution is -0.0374. The van der Waals surface area contributed by atoms with Crippen LogP contribution in [0.3, 0.4) is 0 Å². The highest BCUT2D eigenvalue weighted by Gasteiger charge is 2.58. The van der Waals surface area contributed by atoms with Crippen LogP contribution in [0.4, 0.5) is 0 Å². The molecule has 33 heavy (non-hydrogen) atoms. The van der Waals surface area contributed by atoms with Gasteiger partial charge in [-0.15, -0.1) is 0 Å². The van der Waals surface area contributed by atoms with E-state index in [1.165, 1.54) is 6.92 Å². The van der Waals surface area contributed by atoms with Gasteiger partial charge in [0.15, 0.2) is 13.1 Å². The summed E-state index contributed by atoms with van der Waals surface area (Å²) < 4.78 is 43.9. The molecular formula is C20H40B2O9P2. The van der Waals surface area contributed by atoms with E-state index in [0.717, 1.165) is 0 Å². The zero-order chi connectivity index (χ0) is 26.0. The summed E-state index contributed by atoms with van der Waals surface area (Å²) in [5.74, 6) is -1.60. The average Bonchev–Trinajstić information content (AvgIpc) is 2.97. The summed E-state index contributed by atoms with van der Waals surface area (Å²) in [6, 6.07) is -1.06. The zero-order valence-electron chi connectivity index (χ0n) is 20.8. The Morgan fingerprint density at radius 1 is 1.00 bits per heavy atom. The molecule has 10 atom stereocenters. The van der Waals surface area contributed by atoms with Gasteiger partial charge in [0.25, 0.3) is 0 Å². The van der Waals surface area contributed by atoms with E-state index < -0.39 is 61.4 Å². The summed E-state index contributed by atoms with van der Waals surface area (Å²) >= 11 is 0. The predicted molar refractivity (Wildman–Crippen MR) is 129 cm³/mol. The van der Waals surface area contributed by atoms with Gasteiger partial charge in [-0.05, 0) is 46.5 Å². The maximum atomic E-state index is 14.0. The number of hydrogen-bond donors (Lipinski definition) is 4. The van der Waals surface area contributed by atoms with Crippen LogP contribution < -0.4 is 0 Å². The fourth-order valence-corrected chi connectivity index (χ4v) is 8.02. The molecule has 0 aromatic heterocycles. The lowest BCUT2D eigenvalue weighted by Crippen LogP contribution is -2.52. The van der Waals surface area contributed by atoms with Gasteiger partial charge in [-0.1, -0.05) is 27.7 Å². The minimum Gasteiger partial charge on any atom is -0.388 e. The van der Waals surface area contributed by atoms with Crippen molar-refractivity contribution in [3.05, 3.63) is 0 Å². The second kappa shape index (κ2) is 11.1. The van der Waals surface area contributed by atoms with Gasteiger partial charge in [0, 0.05) is 12.4 Å². The van der Waals surface area contributed by atoms with Crippen LogP contribution in [0.15, 0.2) is 0 Å². The quantitative estimate of drug-likeness (QED) is 0.218. The van der Waals surface area contributed by atoms with E-state index in [-0.39, 0.29) is 25.7 Å². The molecule has 9 nitrogen and oxygen atoms in total. The molecule has 1 fully saturated rings. The third kappa shape index (κ3) is 6.36. The summed E-state index contributed by atoms with van der Waals surface area (Å²) in [7, 11) is 3.46.